The molecule has 1 atom stereocenters. The van der Waals surface area contributed by atoms with Crippen LogP contribution < -0.4 is 5.73 Å². The summed E-state index contributed by atoms with van der Waals surface area (Å²) in [5, 5.41) is 0. The van der Waals surface area contributed by atoms with Crippen molar-refractivity contribution in [3.8, 4) is 0 Å². The molecule has 0 bridgehead atoms. The van der Waals surface area contributed by atoms with Crippen LogP contribution in [-0.4, -0.2) is 24.5 Å². The fraction of sp³-hybridized carbons (Fsp3) is 0.667. The van der Waals surface area contributed by atoms with Crippen LogP contribution in [0.4, 0.5) is 0 Å². The average Bonchev–Trinajstić information content (AvgIpc) is 2.75. The van der Waals surface area contributed by atoms with Crippen LogP contribution in [0.1, 0.15) is 57.4 Å². The molecule has 0 aromatic heterocycles. The molecule has 0 spiro atoms. The summed E-state index contributed by atoms with van der Waals surface area (Å²) in [7, 11) is 0. The summed E-state index contributed by atoms with van der Waals surface area (Å²) in [5.74, 6) is 0. The maximum absolute atomic E-state index is 6.85. The van der Waals surface area contributed by atoms with Crippen molar-refractivity contribution in [3.63, 3.8) is 0 Å². The van der Waals surface area contributed by atoms with Crippen molar-refractivity contribution in [2.75, 3.05) is 19.6 Å². The third-order valence-electron chi connectivity index (χ3n) is 4.53. The highest BCUT2D eigenvalue weighted by Crippen LogP contribution is 2.26. The molecule has 1 fully saturated rings. The number of rotatable bonds is 6. The van der Waals surface area contributed by atoms with Crippen molar-refractivity contribution in [1.29, 1.82) is 0 Å². The van der Waals surface area contributed by atoms with E-state index in [1.165, 1.54) is 57.2 Å². The topological polar surface area (TPSA) is 29.3 Å². The fourth-order valence-corrected chi connectivity index (χ4v) is 3.27. The van der Waals surface area contributed by atoms with E-state index in [0.29, 0.717) is 0 Å². The summed E-state index contributed by atoms with van der Waals surface area (Å²) < 4.78 is 0. The van der Waals surface area contributed by atoms with Crippen LogP contribution in [0.2, 0.25) is 0 Å². The second-order valence-electron chi connectivity index (χ2n) is 6.32. The van der Waals surface area contributed by atoms with Gasteiger partial charge >= 0.3 is 0 Å². The van der Waals surface area contributed by atoms with Crippen LogP contribution in [0, 0.1) is 0 Å². The van der Waals surface area contributed by atoms with Gasteiger partial charge in [-0.2, -0.15) is 0 Å². The van der Waals surface area contributed by atoms with E-state index in [1.54, 1.807) is 0 Å². The number of unbranched alkanes of at least 4 members (excludes halogenated alkanes) is 1. The van der Waals surface area contributed by atoms with E-state index in [1.807, 2.05) is 0 Å². The molecule has 0 amide bonds. The minimum absolute atomic E-state index is 0.179. The van der Waals surface area contributed by atoms with Gasteiger partial charge in [-0.05, 0) is 37.9 Å². The Morgan fingerprint density at radius 1 is 1.05 bits per heavy atom. The van der Waals surface area contributed by atoms with Gasteiger partial charge in [0.05, 0.1) is 5.54 Å². The molecular formula is C18H30N2. The predicted molar refractivity (Wildman–Crippen MR) is 86.7 cm³/mol. The number of nitrogens with two attached hydrogens (primary N) is 1. The van der Waals surface area contributed by atoms with Gasteiger partial charge in [0.1, 0.15) is 0 Å². The Hall–Kier alpha value is -0.860. The lowest BCUT2D eigenvalue weighted by Crippen LogP contribution is -2.48. The minimum atomic E-state index is -0.179. The molecule has 1 aliphatic rings. The summed E-state index contributed by atoms with van der Waals surface area (Å²) in [5.41, 5.74) is 7.97. The van der Waals surface area contributed by atoms with Crippen molar-refractivity contribution in [2.45, 2.75) is 57.4 Å². The first kappa shape index (κ1) is 15.5. The summed E-state index contributed by atoms with van der Waals surface area (Å²) in [6.45, 7) is 5.70. The van der Waals surface area contributed by atoms with Gasteiger partial charge in [-0.25, -0.2) is 0 Å². The summed E-state index contributed by atoms with van der Waals surface area (Å²) in [6.07, 6.45) is 8.94. The lowest BCUT2D eigenvalue weighted by atomic mass is 9.85. The maximum atomic E-state index is 6.85. The Bertz CT molecular complexity index is 368. The monoisotopic (exact) mass is 274 g/mol. The second kappa shape index (κ2) is 7.80. The quantitative estimate of drug-likeness (QED) is 0.852. The summed E-state index contributed by atoms with van der Waals surface area (Å²) >= 11 is 0. The lowest BCUT2D eigenvalue weighted by molar-refractivity contribution is 0.203. The fourth-order valence-electron chi connectivity index (χ4n) is 3.27. The Labute approximate surface area is 124 Å². The lowest BCUT2D eigenvalue weighted by Gasteiger charge is -2.35. The van der Waals surface area contributed by atoms with Gasteiger partial charge in [0, 0.05) is 6.54 Å². The normalized spacial score (nSPS) is 20.3. The summed E-state index contributed by atoms with van der Waals surface area (Å²) in [4.78, 5) is 2.59. The van der Waals surface area contributed by atoms with Crippen molar-refractivity contribution < 1.29 is 0 Å². The molecule has 2 heteroatoms. The highest BCUT2D eigenvalue weighted by atomic mass is 15.1. The first-order chi connectivity index (χ1) is 9.74. The van der Waals surface area contributed by atoms with E-state index in [9.17, 15) is 0 Å². The number of hydrogen-bond donors (Lipinski definition) is 1. The Morgan fingerprint density at radius 2 is 1.70 bits per heavy atom. The molecule has 0 saturated carbocycles. The van der Waals surface area contributed by atoms with Gasteiger partial charge in [0.25, 0.3) is 0 Å². The third kappa shape index (κ3) is 4.32. The molecule has 1 aromatic rings. The largest absolute Gasteiger partial charge is 0.320 e. The van der Waals surface area contributed by atoms with Gasteiger partial charge in [0.15, 0.2) is 0 Å². The molecule has 1 unspecified atom stereocenters. The summed E-state index contributed by atoms with van der Waals surface area (Å²) in [6, 6.07) is 10.7. The molecule has 1 heterocycles. The standard InChI is InChI=1S/C18H30N2/c1-2-3-13-18(19,17-11-7-6-8-12-17)16-20-14-9-4-5-10-15-20/h6-8,11-12H,2-5,9-10,13-16,19H2,1H3. The molecule has 2 N–H and O–H groups in total. The van der Waals surface area contributed by atoms with E-state index < -0.39 is 0 Å². The molecule has 0 radical (unpaired) electrons. The van der Waals surface area contributed by atoms with Crippen LogP contribution in [0.25, 0.3) is 0 Å². The van der Waals surface area contributed by atoms with E-state index in [-0.39, 0.29) is 5.54 Å². The number of nitrogens with zero attached hydrogens (tertiary/aromatic N) is 1. The molecule has 1 aliphatic heterocycles. The predicted octanol–water partition coefficient (Wildman–Crippen LogP) is 3.91. The number of benzene rings is 1. The van der Waals surface area contributed by atoms with Crippen LogP contribution in [0.15, 0.2) is 30.3 Å². The molecule has 2 rings (SSSR count). The van der Waals surface area contributed by atoms with E-state index >= 15 is 0 Å². The highest BCUT2D eigenvalue weighted by molar-refractivity contribution is 5.24. The minimum Gasteiger partial charge on any atom is -0.320 e. The number of hydrogen-bond acceptors (Lipinski definition) is 2. The van der Waals surface area contributed by atoms with E-state index in [4.69, 9.17) is 5.73 Å². The second-order valence-corrected chi connectivity index (χ2v) is 6.32. The van der Waals surface area contributed by atoms with Crippen molar-refractivity contribution in [1.82, 2.24) is 4.90 Å². The Kier molecular flexibility index (Phi) is 6.06. The van der Waals surface area contributed by atoms with Crippen molar-refractivity contribution in [3.05, 3.63) is 35.9 Å². The zero-order valence-corrected chi connectivity index (χ0v) is 13.0. The maximum Gasteiger partial charge on any atom is 0.0538 e. The van der Waals surface area contributed by atoms with Crippen LogP contribution in [0.5, 0.6) is 0 Å². The van der Waals surface area contributed by atoms with Gasteiger partial charge in [0.2, 0.25) is 0 Å². The van der Waals surface area contributed by atoms with Crippen molar-refractivity contribution >= 4 is 0 Å². The first-order valence-electron chi connectivity index (χ1n) is 8.31. The third-order valence-corrected chi connectivity index (χ3v) is 4.53. The van der Waals surface area contributed by atoms with Crippen LogP contribution in [-0.2, 0) is 5.54 Å². The zero-order valence-electron chi connectivity index (χ0n) is 13.0. The Balaban J connectivity index is 2.09. The SMILES string of the molecule is CCCCC(N)(CN1CCCCCC1)c1ccccc1. The highest BCUT2D eigenvalue weighted by Gasteiger charge is 2.29. The zero-order chi connectivity index (χ0) is 14.3. The van der Waals surface area contributed by atoms with Gasteiger partial charge < -0.3 is 10.6 Å². The average molecular weight is 274 g/mol. The molecule has 112 valence electrons. The molecule has 0 aliphatic carbocycles. The number of likely N-dealkylation sites (tertiary alicyclic amines) is 1. The molecular weight excluding hydrogens is 244 g/mol. The molecule has 1 saturated heterocycles. The molecule has 1 aromatic carbocycles. The van der Waals surface area contributed by atoms with Gasteiger partial charge in [-0.15, -0.1) is 0 Å². The van der Waals surface area contributed by atoms with Gasteiger partial charge in [-0.3, -0.25) is 0 Å². The molecule has 2 nitrogen and oxygen atoms in total. The van der Waals surface area contributed by atoms with E-state index in [0.717, 1.165) is 13.0 Å². The van der Waals surface area contributed by atoms with E-state index in [2.05, 4.69) is 42.2 Å². The van der Waals surface area contributed by atoms with Crippen LogP contribution >= 0.6 is 0 Å². The molecule has 20 heavy (non-hydrogen) atoms. The first-order valence-corrected chi connectivity index (χ1v) is 8.31. The van der Waals surface area contributed by atoms with Crippen LogP contribution in [0.3, 0.4) is 0 Å². The smallest absolute Gasteiger partial charge is 0.0538 e. The Morgan fingerprint density at radius 3 is 2.30 bits per heavy atom. The van der Waals surface area contributed by atoms with Crippen molar-refractivity contribution in [2.24, 2.45) is 5.73 Å². The van der Waals surface area contributed by atoms with Gasteiger partial charge in [-0.1, -0.05) is 62.9 Å².